The molecule has 3 heterocycles. The molecule has 4 rings (SSSR count). The van der Waals surface area contributed by atoms with Crippen molar-refractivity contribution in [2.75, 3.05) is 35.4 Å². The minimum absolute atomic E-state index is 0.0110. The number of sulfone groups is 1. The SMILES string of the molecule is COc1cccc(N(CC(=O)Nc2cc(C)[nH]n2)C2=N[C@@H]3CS(=O)(=O)C[C@@H]3S2)c1. The van der Waals surface area contributed by atoms with Crippen LogP contribution in [0.5, 0.6) is 5.75 Å². The summed E-state index contributed by atoms with van der Waals surface area (Å²) in [5.74, 6) is 1.01. The van der Waals surface area contributed by atoms with Gasteiger partial charge in [0.2, 0.25) is 5.91 Å². The van der Waals surface area contributed by atoms with Gasteiger partial charge in [0.15, 0.2) is 20.8 Å². The molecule has 0 unspecified atom stereocenters. The summed E-state index contributed by atoms with van der Waals surface area (Å²) in [7, 11) is -1.47. The molecule has 2 aliphatic heterocycles. The molecule has 0 saturated carbocycles. The van der Waals surface area contributed by atoms with E-state index in [1.165, 1.54) is 11.8 Å². The highest BCUT2D eigenvalue weighted by Gasteiger charge is 2.44. The summed E-state index contributed by atoms with van der Waals surface area (Å²) in [6.45, 7) is 1.86. The van der Waals surface area contributed by atoms with Crippen LogP contribution in [-0.2, 0) is 14.6 Å². The minimum Gasteiger partial charge on any atom is -0.497 e. The number of aryl methyl sites for hydroxylation is 1. The molecule has 1 aromatic carbocycles. The lowest BCUT2D eigenvalue weighted by atomic mass is 10.2. The Morgan fingerprint density at radius 3 is 2.90 bits per heavy atom. The average molecular weight is 436 g/mol. The summed E-state index contributed by atoms with van der Waals surface area (Å²) in [6.07, 6.45) is 0. The van der Waals surface area contributed by atoms with Crippen LogP contribution >= 0.6 is 11.8 Å². The van der Waals surface area contributed by atoms with Gasteiger partial charge in [-0.3, -0.25) is 14.9 Å². The van der Waals surface area contributed by atoms with E-state index in [0.29, 0.717) is 16.7 Å². The van der Waals surface area contributed by atoms with E-state index in [1.54, 1.807) is 18.1 Å². The van der Waals surface area contributed by atoms with Crippen LogP contribution in [0.3, 0.4) is 0 Å². The van der Waals surface area contributed by atoms with Crippen molar-refractivity contribution in [3.63, 3.8) is 0 Å². The van der Waals surface area contributed by atoms with E-state index in [-0.39, 0.29) is 35.2 Å². The molecule has 1 saturated heterocycles. The monoisotopic (exact) mass is 435 g/mol. The van der Waals surface area contributed by atoms with Crippen molar-refractivity contribution in [1.82, 2.24) is 10.2 Å². The van der Waals surface area contributed by atoms with Crippen LogP contribution in [0.25, 0.3) is 0 Å². The maximum Gasteiger partial charge on any atom is 0.245 e. The van der Waals surface area contributed by atoms with Crippen molar-refractivity contribution in [2.24, 2.45) is 4.99 Å². The van der Waals surface area contributed by atoms with Gasteiger partial charge in [-0.05, 0) is 19.1 Å². The van der Waals surface area contributed by atoms with Gasteiger partial charge < -0.3 is 15.0 Å². The number of anilines is 2. The normalized spacial score (nSPS) is 22.1. The summed E-state index contributed by atoms with van der Waals surface area (Å²) >= 11 is 1.41. The number of hydrogen-bond donors (Lipinski definition) is 2. The Morgan fingerprint density at radius 1 is 1.38 bits per heavy atom. The summed E-state index contributed by atoms with van der Waals surface area (Å²) in [5.41, 5.74) is 1.58. The lowest BCUT2D eigenvalue weighted by molar-refractivity contribution is -0.114. The number of aromatic nitrogens is 2. The van der Waals surface area contributed by atoms with Gasteiger partial charge in [0.25, 0.3) is 0 Å². The molecule has 154 valence electrons. The van der Waals surface area contributed by atoms with E-state index >= 15 is 0 Å². The Hall–Kier alpha value is -2.53. The van der Waals surface area contributed by atoms with Gasteiger partial charge in [-0.15, -0.1) is 0 Å². The first-order valence-electron chi connectivity index (χ1n) is 9.01. The van der Waals surface area contributed by atoms with Gasteiger partial charge in [0, 0.05) is 28.8 Å². The highest BCUT2D eigenvalue weighted by Crippen LogP contribution is 2.37. The van der Waals surface area contributed by atoms with Crippen LogP contribution in [0, 0.1) is 6.92 Å². The number of aromatic amines is 1. The van der Waals surface area contributed by atoms with E-state index in [1.807, 2.05) is 31.2 Å². The van der Waals surface area contributed by atoms with Crippen LogP contribution in [0.2, 0.25) is 0 Å². The number of nitrogens with one attached hydrogen (secondary N) is 2. The lowest BCUT2D eigenvalue weighted by Crippen LogP contribution is -2.36. The number of fused-ring (bicyclic) bond motifs is 1. The number of nitrogens with zero attached hydrogens (tertiary/aromatic N) is 3. The Kier molecular flexibility index (Phi) is 5.26. The van der Waals surface area contributed by atoms with Gasteiger partial charge in [-0.1, -0.05) is 17.8 Å². The van der Waals surface area contributed by atoms with Gasteiger partial charge in [-0.25, -0.2) is 8.42 Å². The maximum absolute atomic E-state index is 12.7. The smallest absolute Gasteiger partial charge is 0.245 e. The summed E-state index contributed by atoms with van der Waals surface area (Å²) in [6, 6.07) is 8.80. The maximum atomic E-state index is 12.7. The number of methoxy groups -OCH3 is 1. The fraction of sp³-hybridized carbons (Fsp3) is 0.389. The third-order valence-corrected chi connectivity index (χ3v) is 7.92. The summed E-state index contributed by atoms with van der Waals surface area (Å²) in [5, 5.41) is 10.1. The zero-order chi connectivity index (χ0) is 20.6. The van der Waals surface area contributed by atoms with Crippen molar-refractivity contribution in [3.05, 3.63) is 36.0 Å². The first-order chi connectivity index (χ1) is 13.8. The molecule has 2 atom stereocenters. The number of benzene rings is 1. The van der Waals surface area contributed by atoms with Gasteiger partial charge >= 0.3 is 0 Å². The second-order valence-corrected chi connectivity index (χ2v) is 10.3. The Bertz CT molecular complexity index is 1070. The van der Waals surface area contributed by atoms with Crippen molar-refractivity contribution < 1.29 is 17.9 Å². The first kappa shape index (κ1) is 19.8. The molecule has 2 aliphatic rings. The van der Waals surface area contributed by atoms with Crippen LogP contribution in [0.1, 0.15) is 5.69 Å². The predicted molar refractivity (Wildman–Crippen MR) is 114 cm³/mol. The van der Waals surface area contributed by atoms with Crippen LogP contribution in [0.15, 0.2) is 35.3 Å². The predicted octanol–water partition coefficient (Wildman–Crippen LogP) is 1.44. The lowest BCUT2D eigenvalue weighted by Gasteiger charge is -2.24. The topological polar surface area (TPSA) is 117 Å². The molecule has 2 aromatic rings. The van der Waals surface area contributed by atoms with E-state index in [9.17, 15) is 13.2 Å². The van der Waals surface area contributed by atoms with Gasteiger partial charge in [0.05, 0.1) is 24.7 Å². The number of carbonyl (C=O) groups excluding carboxylic acids is 1. The molecule has 29 heavy (non-hydrogen) atoms. The van der Waals surface area contributed by atoms with E-state index in [2.05, 4.69) is 20.5 Å². The Balaban J connectivity index is 1.58. The number of amidine groups is 1. The molecule has 1 amide bonds. The number of aliphatic imine (C=N–C) groups is 1. The van der Waals surface area contributed by atoms with Crippen LogP contribution in [0.4, 0.5) is 11.5 Å². The number of H-pyrrole nitrogens is 1. The average Bonchev–Trinajstić information content (AvgIpc) is 3.32. The molecule has 1 aromatic heterocycles. The Labute approximate surface area is 172 Å². The number of carbonyl (C=O) groups is 1. The van der Waals surface area contributed by atoms with E-state index in [4.69, 9.17) is 4.74 Å². The van der Waals surface area contributed by atoms with Crippen molar-refractivity contribution in [2.45, 2.75) is 18.2 Å². The molecule has 0 spiro atoms. The fourth-order valence-corrected chi connectivity index (χ4v) is 7.11. The molecule has 1 fully saturated rings. The van der Waals surface area contributed by atoms with E-state index in [0.717, 1.165) is 11.4 Å². The largest absolute Gasteiger partial charge is 0.497 e. The quantitative estimate of drug-likeness (QED) is 0.730. The number of amides is 1. The minimum atomic E-state index is -3.05. The number of hydrogen-bond acceptors (Lipinski definition) is 8. The van der Waals surface area contributed by atoms with Crippen LogP contribution < -0.4 is 15.0 Å². The molecule has 11 heteroatoms. The van der Waals surface area contributed by atoms with Crippen molar-refractivity contribution >= 4 is 44.2 Å². The summed E-state index contributed by atoms with van der Waals surface area (Å²) < 4.78 is 29.0. The van der Waals surface area contributed by atoms with E-state index < -0.39 is 9.84 Å². The zero-order valence-corrected chi connectivity index (χ0v) is 17.6. The first-order valence-corrected chi connectivity index (χ1v) is 11.7. The molecule has 9 nitrogen and oxygen atoms in total. The molecule has 0 radical (unpaired) electrons. The van der Waals surface area contributed by atoms with Gasteiger partial charge in [-0.2, -0.15) is 5.10 Å². The number of rotatable bonds is 5. The van der Waals surface area contributed by atoms with Crippen molar-refractivity contribution in [1.29, 1.82) is 0 Å². The highest BCUT2D eigenvalue weighted by atomic mass is 32.2. The fourth-order valence-electron chi connectivity index (χ4n) is 3.33. The second-order valence-electron chi connectivity index (χ2n) is 6.98. The molecular weight excluding hydrogens is 414 g/mol. The second kappa shape index (κ2) is 7.71. The number of thioether (sulfide) groups is 1. The third-order valence-electron chi connectivity index (χ3n) is 4.68. The van der Waals surface area contributed by atoms with Crippen molar-refractivity contribution in [3.8, 4) is 5.75 Å². The molecule has 0 bridgehead atoms. The zero-order valence-electron chi connectivity index (χ0n) is 16.0. The number of ether oxygens (including phenoxy) is 1. The van der Waals surface area contributed by atoms with Crippen LogP contribution in [-0.4, -0.2) is 66.1 Å². The third kappa shape index (κ3) is 4.40. The highest BCUT2D eigenvalue weighted by molar-refractivity contribution is 8.15. The molecular formula is C18H21N5O4S2. The Morgan fingerprint density at radius 2 is 2.21 bits per heavy atom. The standard InChI is InChI=1S/C18H21N5O4S2/c1-11-6-16(22-21-11)20-17(24)8-23(12-4-3-5-13(7-12)27-2)18-19-14-9-29(25,26)10-15(14)28-18/h3-7,14-15H,8-10H2,1-2H3,(H2,20,21,22,24)/t14-,15+/m1/s1. The molecule has 0 aliphatic carbocycles. The summed E-state index contributed by atoms with van der Waals surface area (Å²) in [4.78, 5) is 19.1. The molecule has 2 N–H and O–H groups in total. The van der Waals surface area contributed by atoms with Gasteiger partial charge in [0.1, 0.15) is 12.3 Å².